The Bertz CT molecular complexity index is 1380. The molecule has 0 bridgehead atoms. The van der Waals surface area contributed by atoms with Gasteiger partial charge in [0.15, 0.2) is 5.13 Å². The van der Waals surface area contributed by atoms with Gasteiger partial charge in [0.05, 0.1) is 21.8 Å². The van der Waals surface area contributed by atoms with Crippen molar-refractivity contribution in [2.24, 2.45) is 0 Å². The van der Waals surface area contributed by atoms with E-state index in [9.17, 15) is 9.18 Å². The molecule has 5 rings (SSSR count). The van der Waals surface area contributed by atoms with Crippen molar-refractivity contribution >= 4 is 65.6 Å². The maximum atomic E-state index is 13.7. The summed E-state index contributed by atoms with van der Waals surface area (Å²) in [6.07, 6.45) is 0. The molecule has 3 nitrogen and oxygen atoms in total. The monoisotopic (exact) mass is 452 g/mol. The zero-order chi connectivity index (χ0) is 20.7. The van der Waals surface area contributed by atoms with E-state index >= 15 is 0 Å². The van der Waals surface area contributed by atoms with E-state index in [4.69, 9.17) is 11.6 Å². The van der Waals surface area contributed by atoms with Gasteiger partial charge in [-0.2, -0.15) is 0 Å². The van der Waals surface area contributed by atoms with Gasteiger partial charge in [0.25, 0.3) is 5.91 Å². The zero-order valence-electron chi connectivity index (χ0n) is 15.5. The van der Waals surface area contributed by atoms with E-state index in [1.807, 2.05) is 54.6 Å². The van der Waals surface area contributed by atoms with Crippen molar-refractivity contribution in [3.05, 3.63) is 94.1 Å². The van der Waals surface area contributed by atoms with Crippen LogP contribution in [-0.4, -0.2) is 10.9 Å². The number of rotatable bonds is 4. The van der Waals surface area contributed by atoms with Gasteiger partial charge in [0.1, 0.15) is 10.7 Å². The first-order valence-electron chi connectivity index (χ1n) is 9.19. The average molecular weight is 453 g/mol. The highest BCUT2D eigenvalue weighted by Crippen LogP contribution is 2.38. The lowest BCUT2D eigenvalue weighted by atomic mass is 10.2. The number of carbonyl (C=O) groups is 1. The fourth-order valence-electron chi connectivity index (χ4n) is 3.27. The first-order chi connectivity index (χ1) is 14.6. The second kappa shape index (κ2) is 7.80. The summed E-state index contributed by atoms with van der Waals surface area (Å²) < 4.78 is 15.3. The summed E-state index contributed by atoms with van der Waals surface area (Å²) in [5, 5.41) is 1.82. The van der Waals surface area contributed by atoms with Gasteiger partial charge < -0.3 is 0 Å². The average Bonchev–Trinajstić information content (AvgIpc) is 3.33. The molecule has 0 spiro atoms. The molecule has 7 heteroatoms. The van der Waals surface area contributed by atoms with Crippen molar-refractivity contribution in [3.8, 4) is 0 Å². The lowest BCUT2D eigenvalue weighted by Crippen LogP contribution is -2.29. The number of halogens is 2. The standard InChI is InChI=1S/C23H14ClFN2OS2/c24-20-16-8-4-5-9-18(16)29-21(20)22(28)27(13-14-6-2-1-3-7-14)23-26-17-11-10-15(25)12-19(17)30-23/h1-12H,13H2. The number of fused-ring (bicyclic) bond motifs is 2. The van der Waals surface area contributed by atoms with Gasteiger partial charge in [-0.1, -0.05) is 71.5 Å². The molecule has 0 aliphatic rings. The highest BCUT2D eigenvalue weighted by Gasteiger charge is 2.26. The molecule has 0 saturated heterocycles. The summed E-state index contributed by atoms with van der Waals surface area (Å²) in [4.78, 5) is 20.3. The minimum atomic E-state index is -0.328. The van der Waals surface area contributed by atoms with Crippen molar-refractivity contribution in [3.63, 3.8) is 0 Å². The number of anilines is 1. The normalized spacial score (nSPS) is 11.3. The largest absolute Gasteiger partial charge is 0.279 e. The predicted molar refractivity (Wildman–Crippen MR) is 123 cm³/mol. The SMILES string of the molecule is O=C(c1sc2ccccc2c1Cl)N(Cc1ccccc1)c1nc2ccc(F)cc2s1. The number of hydrogen-bond donors (Lipinski definition) is 0. The first kappa shape index (κ1) is 19.2. The molecule has 0 aliphatic heterocycles. The number of thiazole rings is 1. The Morgan fingerprint density at radius 2 is 1.73 bits per heavy atom. The van der Waals surface area contributed by atoms with Crippen LogP contribution in [0.15, 0.2) is 72.8 Å². The summed E-state index contributed by atoms with van der Waals surface area (Å²) in [7, 11) is 0. The molecule has 0 radical (unpaired) electrons. The smallest absolute Gasteiger partial charge is 0.272 e. The number of thiophene rings is 1. The van der Waals surface area contributed by atoms with Crippen LogP contribution in [0.25, 0.3) is 20.3 Å². The van der Waals surface area contributed by atoms with E-state index in [-0.39, 0.29) is 11.7 Å². The number of carbonyl (C=O) groups excluding carboxylic acids is 1. The predicted octanol–water partition coefficient (Wildman–Crippen LogP) is 7.15. The summed E-state index contributed by atoms with van der Waals surface area (Å²) in [5.41, 5.74) is 1.62. The molecule has 0 fully saturated rings. The molecular formula is C23H14ClFN2OS2. The van der Waals surface area contributed by atoms with Gasteiger partial charge in [0.2, 0.25) is 0 Å². The summed E-state index contributed by atoms with van der Waals surface area (Å²) in [6, 6.07) is 21.8. The Kier molecular flexibility index (Phi) is 4.98. The van der Waals surface area contributed by atoms with Crippen LogP contribution in [0.1, 0.15) is 15.2 Å². The molecule has 5 aromatic rings. The lowest BCUT2D eigenvalue weighted by molar-refractivity contribution is 0.0989. The second-order valence-corrected chi connectivity index (χ2v) is 9.17. The molecule has 0 N–H and O–H groups in total. The number of amides is 1. The van der Waals surface area contributed by atoms with Crippen LogP contribution in [0.5, 0.6) is 0 Å². The van der Waals surface area contributed by atoms with E-state index in [0.717, 1.165) is 15.6 Å². The highest BCUT2D eigenvalue weighted by molar-refractivity contribution is 7.23. The van der Waals surface area contributed by atoms with Gasteiger partial charge in [-0.3, -0.25) is 9.69 Å². The Morgan fingerprint density at radius 1 is 0.967 bits per heavy atom. The van der Waals surface area contributed by atoms with Crippen molar-refractivity contribution in [2.45, 2.75) is 6.54 Å². The molecule has 2 aromatic heterocycles. The van der Waals surface area contributed by atoms with Crippen molar-refractivity contribution < 1.29 is 9.18 Å². The third-order valence-electron chi connectivity index (χ3n) is 4.73. The van der Waals surface area contributed by atoms with Gasteiger partial charge in [-0.05, 0) is 29.8 Å². The van der Waals surface area contributed by atoms with E-state index in [0.29, 0.717) is 31.8 Å². The Labute approximate surface area is 185 Å². The number of aromatic nitrogens is 1. The molecular weight excluding hydrogens is 439 g/mol. The maximum absolute atomic E-state index is 13.7. The fraction of sp³-hybridized carbons (Fsp3) is 0.0435. The van der Waals surface area contributed by atoms with Crippen molar-refractivity contribution in [2.75, 3.05) is 4.90 Å². The minimum absolute atomic E-state index is 0.218. The van der Waals surface area contributed by atoms with Crippen LogP contribution < -0.4 is 4.90 Å². The van der Waals surface area contributed by atoms with E-state index in [1.165, 1.54) is 34.8 Å². The molecule has 0 aliphatic carbocycles. The van der Waals surface area contributed by atoms with Crippen LogP contribution in [0.3, 0.4) is 0 Å². The summed E-state index contributed by atoms with van der Waals surface area (Å²) in [6.45, 7) is 0.340. The molecule has 2 heterocycles. The Morgan fingerprint density at radius 3 is 2.53 bits per heavy atom. The van der Waals surface area contributed by atoms with Gasteiger partial charge in [-0.25, -0.2) is 9.37 Å². The van der Waals surface area contributed by atoms with Crippen molar-refractivity contribution in [1.82, 2.24) is 4.98 Å². The maximum Gasteiger partial charge on any atom is 0.272 e. The topological polar surface area (TPSA) is 33.2 Å². The molecule has 0 saturated carbocycles. The summed E-state index contributed by atoms with van der Waals surface area (Å²) >= 11 is 9.24. The van der Waals surface area contributed by atoms with Gasteiger partial charge in [0, 0.05) is 10.1 Å². The Balaban J connectivity index is 1.62. The first-order valence-corrected chi connectivity index (χ1v) is 11.2. The molecule has 0 unspecified atom stereocenters. The molecule has 30 heavy (non-hydrogen) atoms. The van der Waals surface area contributed by atoms with Crippen LogP contribution >= 0.6 is 34.3 Å². The molecule has 1 amide bonds. The molecule has 0 atom stereocenters. The minimum Gasteiger partial charge on any atom is -0.279 e. The van der Waals surface area contributed by atoms with Crippen LogP contribution in [-0.2, 0) is 6.54 Å². The van der Waals surface area contributed by atoms with E-state index < -0.39 is 0 Å². The van der Waals surface area contributed by atoms with Crippen LogP contribution in [0, 0.1) is 5.82 Å². The molecule has 148 valence electrons. The van der Waals surface area contributed by atoms with Gasteiger partial charge in [-0.15, -0.1) is 11.3 Å². The highest BCUT2D eigenvalue weighted by atomic mass is 35.5. The van der Waals surface area contributed by atoms with Crippen molar-refractivity contribution in [1.29, 1.82) is 0 Å². The van der Waals surface area contributed by atoms with Gasteiger partial charge >= 0.3 is 0 Å². The number of hydrogen-bond acceptors (Lipinski definition) is 4. The number of nitrogens with zero attached hydrogens (tertiary/aromatic N) is 2. The second-order valence-electron chi connectivity index (χ2n) is 6.73. The fourth-order valence-corrected chi connectivity index (χ4v) is 5.72. The van der Waals surface area contributed by atoms with Crippen LogP contribution in [0.4, 0.5) is 9.52 Å². The zero-order valence-corrected chi connectivity index (χ0v) is 17.9. The molecule has 3 aromatic carbocycles. The lowest BCUT2D eigenvalue weighted by Gasteiger charge is -2.19. The summed E-state index contributed by atoms with van der Waals surface area (Å²) in [5.74, 6) is -0.546. The van der Waals surface area contributed by atoms with E-state index in [1.54, 1.807) is 11.0 Å². The third kappa shape index (κ3) is 3.47. The quantitative estimate of drug-likeness (QED) is 0.290. The Hall–Kier alpha value is -2.80. The third-order valence-corrected chi connectivity index (χ3v) is 7.43. The van der Waals surface area contributed by atoms with E-state index in [2.05, 4.69) is 4.98 Å². The van der Waals surface area contributed by atoms with Crippen LogP contribution in [0.2, 0.25) is 5.02 Å². The number of benzene rings is 3.